The summed E-state index contributed by atoms with van der Waals surface area (Å²) < 4.78 is 0. The molecule has 2 rings (SSSR count). The molecule has 2 N–H and O–H groups in total. The fourth-order valence-corrected chi connectivity index (χ4v) is 2.33. The number of anilines is 1. The van der Waals surface area contributed by atoms with E-state index in [2.05, 4.69) is 10.3 Å². The molecule has 7 nitrogen and oxygen atoms in total. The highest BCUT2D eigenvalue weighted by molar-refractivity contribution is 5.70. The molecule has 0 spiro atoms. The number of hydrogen-bond acceptors (Lipinski definition) is 5. The normalized spacial score (nSPS) is 22.2. The number of carbonyl (C=O) groups is 1. The van der Waals surface area contributed by atoms with Crippen LogP contribution in [0.25, 0.3) is 0 Å². The molecule has 1 aromatic rings. The van der Waals surface area contributed by atoms with Crippen LogP contribution in [0.5, 0.6) is 0 Å². The quantitative estimate of drug-likeness (QED) is 0.636. The number of aromatic nitrogens is 1. The molecule has 102 valence electrons. The molecule has 0 bridgehead atoms. The molecule has 19 heavy (non-hydrogen) atoms. The predicted octanol–water partition coefficient (Wildman–Crippen LogP) is 1.96. The lowest BCUT2D eigenvalue weighted by Crippen LogP contribution is -2.19. The fourth-order valence-electron chi connectivity index (χ4n) is 2.33. The Balaban J connectivity index is 2.12. The Morgan fingerprint density at radius 1 is 1.58 bits per heavy atom. The van der Waals surface area contributed by atoms with Crippen LogP contribution >= 0.6 is 0 Å². The van der Waals surface area contributed by atoms with Gasteiger partial charge in [-0.05, 0) is 31.7 Å². The molecule has 0 saturated heterocycles. The molecule has 1 fully saturated rings. The van der Waals surface area contributed by atoms with E-state index in [0.29, 0.717) is 24.8 Å². The van der Waals surface area contributed by atoms with Crippen LogP contribution in [0.4, 0.5) is 11.5 Å². The molecular formula is C12H15N3O4. The summed E-state index contributed by atoms with van der Waals surface area (Å²) >= 11 is 0. The van der Waals surface area contributed by atoms with E-state index in [1.165, 1.54) is 6.07 Å². The second-order valence-electron chi connectivity index (χ2n) is 4.83. The lowest BCUT2D eigenvalue weighted by molar-refractivity contribution is -0.384. The van der Waals surface area contributed by atoms with Crippen molar-refractivity contribution >= 4 is 17.5 Å². The third kappa shape index (κ3) is 2.98. The molecule has 7 heteroatoms. The first kappa shape index (κ1) is 13.3. The summed E-state index contributed by atoms with van der Waals surface area (Å²) in [6, 6.07) is 1.38. The first-order chi connectivity index (χ1) is 8.97. The highest BCUT2D eigenvalue weighted by Gasteiger charge is 2.31. The summed E-state index contributed by atoms with van der Waals surface area (Å²) in [6.07, 6.45) is 3.30. The van der Waals surface area contributed by atoms with Gasteiger partial charge in [0.05, 0.1) is 10.8 Å². The highest BCUT2D eigenvalue weighted by Crippen LogP contribution is 2.30. The van der Waals surface area contributed by atoms with Gasteiger partial charge < -0.3 is 10.4 Å². The molecule has 0 aromatic carbocycles. The number of carboxylic acid groups (broad SMARTS) is 1. The maximum Gasteiger partial charge on any atom is 0.311 e. The number of rotatable bonds is 4. The minimum atomic E-state index is -0.810. The number of nitro groups is 1. The van der Waals surface area contributed by atoms with Crippen molar-refractivity contribution in [1.82, 2.24) is 4.98 Å². The zero-order chi connectivity index (χ0) is 14.0. The standard InChI is InChI=1S/C12H15N3O4/c1-7-4-10(15(18)19)11(13-6-7)14-9-3-2-8(5-9)12(16)17/h4,6,8-9H,2-3,5H2,1H3,(H,13,14)(H,16,17). The summed E-state index contributed by atoms with van der Waals surface area (Å²) in [4.78, 5) is 25.4. The molecule has 2 unspecified atom stereocenters. The lowest BCUT2D eigenvalue weighted by Gasteiger charge is -2.13. The SMILES string of the molecule is Cc1cnc(NC2CCC(C(=O)O)C2)c([N+](=O)[O-])c1. The summed E-state index contributed by atoms with van der Waals surface area (Å²) in [5.74, 6) is -0.968. The van der Waals surface area contributed by atoms with Crippen molar-refractivity contribution in [3.63, 3.8) is 0 Å². The van der Waals surface area contributed by atoms with E-state index in [1.54, 1.807) is 13.1 Å². The first-order valence-corrected chi connectivity index (χ1v) is 6.07. The monoisotopic (exact) mass is 265 g/mol. The molecule has 2 atom stereocenters. The Hall–Kier alpha value is -2.18. The zero-order valence-corrected chi connectivity index (χ0v) is 10.5. The van der Waals surface area contributed by atoms with Crippen LogP contribution in [0, 0.1) is 23.0 Å². The summed E-state index contributed by atoms with van der Waals surface area (Å²) in [6.45, 7) is 1.74. The number of aryl methyl sites for hydroxylation is 1. The molecular weight excluding hydrogens is 250 g/mol. The number of carboxylic acids is 1. The molecule has 1 aromatic heterocycles. The predicted molar refractivity (Wildman–Crippen MR) is 68.0 cm³/mol. The average Bonchev–Trinajstić information content (AvgIpc) is 2.80. The minimum absolute atomic E-state index is 0.0706. The minimum Gasteiger partial charge on any atom is -0.481 e. The van der Waals surface area contributed by atoms with Crippen molar-refractivity contribution in [3.8, 4) is 0 Å². The second kappa shape index (κ2) is 5.21. The molecule has 0 radical (unpaired) electrons. The van der Waals surface area contributed by atoms with E-state index in [-0.39, 0.29) is 23.5 Å². The molecule has 0 amide bonds. The molecule has 1 heterocycles. The largest absolute Gasteiger partial charge is 0.481 e. The Morgan fingerprint density at radius 3 is 2.89 bits per heavy atom. The summed E-state index contributed by atoms with van der Waals surface area (Å²) in [7, 11) is 0. The van der Waals surface area contributed by atoms with Crippen LogP contribution in [0.1, 0.15) is 24.8 Å². The van der Waals surface area contributed by atoms with Crippen molar-refractivity contribution in [1.29, 1.82) is 0 Å². The number of nitrogens with zero attached hydrogens (tertiary/aromatic N) is 2. The third-order valence-electron chi connectivity index (χ3n) is 3.32. The first-order valence-electron chi connectivity index (χ1n) is 6.07. The maximum absolute atomic E-state index is 11.0. The van der Waals surface area contributed by atoms with Gasteiger partial charge in [-0.3, -0.25) is 14.9 Å². The van der Waals surface area contributed by atoms with Crippen LogP contribution in [0.2, 0.25) is 0 Å². The maximum atomic E-state index is 11.0. The van der Waals surface area contributed by atoms with E-state index in [4.69, 9.17) is 5.11 Å². The average molecular weight is 265 g/mol. The van der Waals surface area contributed by atoms with Crippen molar-refractivity contribution in [2.24, 2.45) is 5.92 Å². The van der Waals surface area contributed by atoms with Crippen molar-refractivity contribution in [2.45, 2.75) is 32.2 Å². The lowest BCUT2D eigenvalue weighted by atomic mass is 10.1. The van der Waals surface area contributed by atoms with Gasteiger partial charge in [0, 0.05) is 18.3 Å². The van der Waals surface area contributed by atoms with Gasteiger partial charge in [0.15, 0.2) is 0 Å². The number of hydrogen-bond donors (Lipinski definition) is 2. The number of aliphatic carboxylic acids is 1. The van der Waals surface area contributed by atoms with Gasteiger partial charge in [-0.1, -0.05) is 0 Å². The van der Waals surface area contributed by atoms with Crippen LogP contribution in [0.15, 0.2) is 12.3 Å². The Bertz CT molecular complexity index is 518. The van der Waals surface area contributed by atoms with E-state index >= 15 is 0 Å². The number of pyridine rings is 1. The zero-order valence-electron chi connectivity index (χ0n) is 10.5. The van der Waals surface area contributed by atoms with Crippen molar-refractivity contribution in [3.05, 3.63) is 27.9 Å². The Kier molecular flexibility index (Phi) is 3.64. The van der Waals surface area contributed by atoms with Crippen LogP contribution in [-0.2, 0) is 4.79 Å². The summed E-state index contributed by atoms with van der Waals surface area (Å²) in [5, 5.41) is 22.9. The van der Waals surface area contributed by atoms with Crippen LogP contribution < -0.4 is 5.32 Å². The molecule has 0 aliphatic heterocycles. The molecule has 1 aliphatic rings. The Labute approximate surface area is 109 Å². The molecule has 1 aliphatic carbocycles. The number of nitrogens with one attached hydrogen (secondary N) is 1. The van der Waals surface area contributed by atoms with E-state index in [9.17, 15) is 14.9 Å². The van der Waals surface area contributed by atoms with Gasteiger partial charge in [0.2, 0.25) is 5.82 Å². The van der Waals surface area contributed by atoms with Crippen molar-refractivity contribution < 1.29 is 14.8 Å². The van der Waals surface area contributed by atoms with Gasteiger partial charge in [-0.15, -0.1) is 0 Å². The topological polar surface area (TPSA) is 105 Å². The van der Waals surface area contributed by atoms with Crippen LogP contribution in [0.3, 0.4) is 0 Å². The second-order valence-corrected chi connectivity index (χ2v) is 4.83. The van der Waals surface area contributed by atoms with E-state index < -0.39 is 10.9 Å². The van der Waals surface area contributed by atoms with E-state index in [0.717, 1.165) is 0 Å². The van der Waals surface area contributed by atoms with E-state index in [1.807, 2.05) is 0 Å². The smallest absolute Gasteiger partial charge is 0.311 e. The summed E-state index contributed by atoms with van der Waals surface area (Å²) in [5.41, 5.74) is 0.644. The van der Waals surface area contributed by atoms with Gasteiger partial charge in [0.25, 0.3) is 0 Å². The van der Waals surface area contributed by atoms with Crippen molar-refractivity contribution in [2.75, 3.05) is 5.32 Å². The van der Waals surface area contributed by atoms with Gasteiger partial charge in [-0.25, -0.2) is 4.98 Å². The fraction of sp³-hybridized carbons (Fsp3) is 0.500. The van der Waals surface area contributed by atoms with Gasteiger partial charge in [-0.2, -0.15) is 0 Å². The molecule has 1 saturated carbocycles. The highest BCUT2D eigenvalue weighted by atomic mass is 16.6. The van der Waals surface area contributed by atoms with Gasteiger partial charge in [0.1, 0.15) is 0 Å². The third-order valence-corrected chi connectivity index (χ3v) is 3.32. The van der Waals surface area contributed by atoms with Gasteiger partial charge >= 0.3 is 11.7 Å². The Morgan fingerprint density at radius 2 is 2.32 bits per heavy atom. The van der Waals surface area contributed by atoms with Crippen LogP contribution in [-0.4, -0.2) is 27.0 Å².